The van der Waals surface area contributed by atoms with Gasteiger partial charge in [0.05, 0.1) is 9.92 Å². The molecule has 0 radical (unpaired) electrons. The van der Waals surface area contributed by atoms with Gasteiger partial charge in [-0.25, -0.2) is 13.1 Å². The van der Waals surface area contributed by atoms with E-state index in [1.165, 1.54) is 18.2 Å². The Morgan fingerprint density at radius 3 is 2.65 bits per heavy atom. The zero-order valence-electron chi connectivity index (χ0n) is 9.08. The van der Waals surface area contributed by atoms with Crippen molar-refractivity contribution < 1.29 is 8.42 Å². The molecule has 0 heterocycles. The second-order valence-electron chi connectivity index (χ2n) is 3.58. The Morgan fingerprint density at radius 2 is 2.12 bits per heavy atom. The van der Waals surface area contributed by atoms with E-state index >= 15 is 0 Å². The largest absolute Gasteiger partial charge is 0.240 e. The standard InChI is InChI=1S/C10H12BrCl2NO2S/c1-7(4-5-12)14-17(15,16)8-2-3-10(13)9(11)6-8/h2-3,6-7,14H,4-5H2,1H3. The number of hydrogen-bond acceptors (Lipinski definition) is 2. The van der Waals surface area contributed by atoms with E-state index in [0.717, 1.165) is 0 Å². The lowest BCUT2D eigenvalue weighted by atomic mass is 10.3. The van der Waals surface area contributed by atoms with Crippen LogP contribution in [0.4, 0.5) is 0 Å². The molecule has 0 fully saturated rings. The SMILES string of the molecule is CC(CCCl)NS(=O)(=O)c1ccc(Cl)c(Br)c1. The molecule has 0 aliphatic carbocycles. The Labute approximate surface area is 120 Å². The van der Waals surface area contributed by atoms with Crippen LogP contribution in [0.15, 0.2) is 27.6 Å². The molecule has 1 rings (SSSR count). The quantitative estimate of drug-likeness (QED) is 0.818. The van der Waals surface area contributed by atoms with Gasteiger partial charge >= 0.3 is 0 Å². The van der Waals surface area contributed by atoms with Gasteiger partial charge in [-0.05, 0) is 47.5 Å². The summed E-state index contributed by atoms with van der Waals surface area (Å²) in [4.78, 5) is 0.176. The molecule has 0 aliphatic rings. The molecule has 0 aromatic heterocycles. The topological polar surface area (TPSA) is 46.2 Å². The lowest BCUT2D eigenvalue weighted by molar-refractivity contribution is 0.556. The van der Waals surface area contributed by atoms with E-state index in [2.05, 4.69) is 20.7 Å². The Morgan fingerprint density at radius 1 is 1.47 bits per heavy atom. The van der Waals surface area contributed by atoms with E-state index in [-0.39, 0.29) is 10.9 Å². The third kappa shape index (κ3) is 4.41. The monoisotopic (exact) mass is 359 g/mol. The first kappa shape index (κ1) is 15.2. The van der Waals surface area contributed by atoms with E-state index in [1.54, 1.807) is 6.92 Å². The fraction of sp³-hybridized carbons (Fsp3) is 0.400. The van der Waals surface area contributed by atoms with Crippen LogP contribution in [0.2, 0.25) is 5.02 Å². The van der Waals surface area contributed by atoms with Gasteiger partial charge in [-0.15, -0.1) is 11.6 Å². The summed E-state index contributed by atoms with van der Waals surface area (Å²) in [6, 6.07) is 4.26. The van der Waals surface area contributed by atoms with E-state index in [0.29, 0.717) is 21.8 Å². The molecule has 0 saturated heterocycles. The van der Waals surface area contributed by atoms with E-state index < -0.39 is 10.0 Å². The summed E-state index contributed by atoms with van der Waals surface area (Å²) in [6.45, 7) is 1.77. The molecular weight excluding hydrogens is 349 g/mol. The molecule has 96 valence electrons. The van der Waals surface area contributed by atoms with Crippen molar-refractivity contribution in [1.82, 2.24) is 4.72 Å². The molecule has 0 aliphatic heterocycles. The Bertz CT molecular complexity index is 493. The van der Waals surface area contributed by atoms with Crippen LogP contribution in [0.5, 0.6) is 0 Å². The van der Waals surface area contributed by atoms with Gasteiger partial charge in [0.2, 0.25) is 10.0 Å². The van der Waals surface area contributed by atoms with Crippen molar-refractivity contribution >= 4 is 49.2 Å². The van der Waals surface area contributed by atoms with Crippen molar-refractivity contribution in [3.8, 4) is 0 Å². The number of alkyl halides is 1. The zero-order chi connectivity index (χ0) is 13.1. The maximum Gasteiger partial charge on any atom is 0.240 e. The van der Waals surface area contributed by atoms with Crippen LogP contribution in [-0.4, -0.2) is 20.3 Å². The minimum atomic E-state index is -3.52. The molecule has 1 aromatic rings. The highest BCUT2D eigenvalue weighted by atomic mass is 79.9. The fourth-order valence-electron chi connectivity index (χ4n) is 1.20. The maximum atomic E-state index is 12.0. The van der Waals surface area contributed by atoms with E-state index in [4.69, 9.17) is 23.2 Å². The van der Waals surface area contributed by atoms with E-state index in [9.17, 15) is 8.42 Å². The summed E-state index contributed by atoms with van der Waals surface area (Å²) < 4.78 is 27.0. The summed E-state index contributed by atoms with van der Waals surface area (Å²) in [7, 11) is -3.52. The van der Waals surface area contributed by atoms with Crippen molar-refractivity contribution in [2.75, 3.05) is 5.88 Å². The lowest BCUT2D eigenvalue weighted by Crippen LogP contribution is -2.32. The number of nitrogens with one attached hydrogen (secondary N) is 1. The first-order valence-corrected chi connectivity index (χ1v) is 8.09. The van der Waals surface area contributed by atoms with Gasteiger partial charge in [0.25, 0.3) is 0 Å². The average molecular weight is 361 g/mol. The summed E-state index contributed by atoms with van der Waals surface area (Å²) in [5.74, 6) is 0.411. The molecule has 3 nitrogen and oxygen atoms in total. The summed E-state index contributed by atoms with van der Waals surface area (Å²) in [6.07, 6.45) is 0.579. The number of halogens is 3. The van der Waals surface area contributed by atoms with Crippen LogP contribution in [0.1, 0.15) is 13.3 Å². The number of rotatable bonds is 5. The smallest absolute Gasteiger partial charge is 0.208 e. The van der Waals surface area contributed by atoms with E-state index in [1.807, 2.05) is 0 Å². The molecular formula is C10H12BrCl2NO2S. The summed E-state index contributed by atoms with van der Waals surface area (Å²) in [5, 5.41) is 0.470. The van der Waals surface area contributed by atoms with Crippen molar-refractivity contribution in [2.24, 2.45) is 0 Å². The van der Waals surface area contributed by atoms with Crippen molar-refractivity contribution in [3.63, 3.8) is 0 Å². The lowest BCUT2D eigenvalue weighted by Gasteiger charge is -2.13. The van der Waals surface area contributed by atoms with Gasteiger partial charge in [-0.2, -0.15) is 0 Å². The predicted molar refractivity (Wildman–Crippen MR) is 74.3 cm³/mol. The molecule has 0 amide bonds. The van der Waals surface area contributed by atoms with Crippen LogP contribution < -0.4 is 4.72 Å². The Kier molecular flexibility index (Phi) is 5.73. The normalized spacial score (nSPS) is 13.6. The minimum Gasteiger partial charge on any atom is -0.208 e. The van der Waals surface area contributed by atoms with Crippen molar-refractivity contribution in [1.29, 1.82) is 0 Å². The van der Waals surface area contributed by atoms with Crippen LogP contribution in [0.3, 0.4) is 0 Å². The Balaban J connectivity index is 2.93. The summed E-state index contributed by atoms with van der Waals surface area (Å²) >= 11 is 14.6. The van der Waals surface area contributed by atoms with Crippen molar-refractivity contribution in [2.45, 2.75) is 24.3 Å². The molecule has 0 saturated carbocycles. The number of sulfonamides is 1. The first-order valence-electron chi connectivity index (χ1n) is 4.90. The molecule has 17 heavy (non-hydrogen) atoms. The molecule has 1 N–H and O–H groups in total. The highest BCUT2D eigenvalue weighted by Crippen LogP contribution is 2.25. The minimum absolute atomic E-state index is 0.176. The highest BCUT2D eigenvalue weighted by Gasteiger charge is 2.17. The molecule has 7 heteroatoms. The highest BCUT2D eigenvalue weighted by molar-refractivity contribution is 9.10. The van der Waals surface area contributed by atoms with Gasteiger partial charge < -0.3 is 0 Å². The van der Waals surface area contributed by atoms with Crippen LogP contribution in [0.25, 0.3) is 0 Å². The number of benzene rings is 1. The summed E-state index contributed by atoms with van der Waals surface area (Å²) in [5.41, 5.74) is 0. The maximum absolute atomic E-state index is 12.0. The van der Waals surface area contributed by atoms with Crippen LogP contribution in [0, 0.1) is 0 Å². The van der Waals surface area contributed by atoms with Crippen LogP contribution >= 0.6 is 39.1 Å². The van der Waals surface area contributed by atoms with Crippen LogP contribution in [-0.2, 0) is 10.0 Å². The average Bonchev–Trinajstić information content (AvgIpc) is 2.21. The fourth-order valence-corrected chi connectivity index (χ4v) is 3.48. The number of hydrogen-bond donors (Lipinski definition) is 1. The van der Waals surface area contributed by atoms with Gasteiger partial charge in [0.1, 0.15) is 0 Å². The Hall–Kier alpha value is 0.190. The van der Waals surface area contributed by atoms with Gasteiger partial charge in [-0.1, -0.05) is 11.6 Å². The molecule has 1 aromatic carbocycles. The van der Waals surface area contributed by atoms with Gasteiger partial charge in [0.15, 0.2) is 0 Å². The van der Waals surface area contributed by atoms with Crippen molar-refractivity contribution in [3.05, 3.63) is 27.7 Å². The first-order chi connectivity index (χ1) is 7.86. The molecule has 0 spiro atoms. The molecule has 0 bridgehead atoms. The third-order valence-electron chi connectivity index (χ3n) is 2.10. The van der Waals surface area contributed by atoms with Gasteiger partial charge in [0, 0.05) is 16.4 Å². The third-order valence-corrected chi connectivity index (χ3v) is 5.12. The predicted octanol–water partition coefficient (Wildman–Crippen LogP) is 3.40. The molecule has 1 unspecified atom stereocenters. The second-order valence-corrected chi connectivity index (χ2v) is 6.93. The van der Waals surface area contributed by atoms with Gasteiger partial charge in [-0.3, -0.25) is 0 Å². The second kappa shape index (κ2) is 6.38. The zero-order valence-corrected chi connectivity index (χ0v) is 13.0. The molecule has 1 atom stereocenters.